The largest absolute Gasteiger partial charge is 0.354 e. The van der Waals surface area contributed by atoms with Gasteiger partial charge in [-0.05, 0) is 356 Å². The van der Waals surface area contributed by atoms with Gasteiger partial charge in [0.15, 0.2) is 0 Å². The maximum Gasteiger partial charge on any atom is 0.243 e. The molecular formula is C91H204N32O14. The molecule has 7 amide bonds. The van der Waals surface area contributed by atoms with Gasteiger partial charge in [-0.2, -0.15) is 0 Å². The highest BCUT2D eigenvalue weighted by Crippen LogP contribution is 2.15. The van der Waals surface area contributed by atoms with Crippen molar-refractivity contribution in [1.82, 2.24) is 74.4 Å². The van der Waals surface area contributed by atoms with Crippen molar-refractivity contribution in [3.05, 3.63) is 0 Å². The second-order valence-electron chi connectivity index (χ2n) is 35.2. The highest BCUT2D eigenvalue weighted by atomic mass is 16.6. The molecule has 0 saturated carbocycles. The van der Waals surface area contributed by atoms with Gasteiger partial charge in [0.05, 0.1) is 25.5 Å². The summed E-state index contributed by atoms with van der Waals surface area (Å²) in [4.78, 5) is 93.9. The van der Waals surface area contributed by atoms with Gasteiger partial charge in [-0.25, -0.2) is 0 Å². The zero-order valence-corrected chi connectivity index (χ0v) is 84.5. The average Bonchev–Trinajstić information content (AvgIpc) is 0.861. The van der Waals surface area contributed by atoms with Crippen molar-refractivity contribution in [3.8, 4) is 0 Å². The van der Waals surface area contributed by atoms with E-state index in [1.54, 1.807) is 0 Å². The van der Waals surface area contributed by atoms with Crippen LogP contribution in [0, 0.1) is 0 Å². The number of ether oxygens (including phenoxy) is 7. The molecular weight excluding hydrogens is 1770 g/mol. The first kappa shape index (κ1) is 134. The Hall–Kier alpha value is -4.99. The van der Waals surface area contributed by atoms with E-state index in [1.807, 2.05) is 0 Å². The molecule has 0 heterocycles. The van der Waals surface area contributed by atoms with Crippen molar-refractivity contribution in [2.75, 3.05) is 152 Å². The van der Waals surface area contributed by atoms with E-state index in [-0.39, 0.29) is 108 Å². The molecule has 0 fully saturated rings. The van der Waals surface area contributed by atoms with Crippen LogP contribution < -0.4 is 178 Å². The van der Waals surface area contributed by atoms with Crippen LogP contribution >= 0.6 is 0 Å². The highest BCUT2D eigenvalue weighted by Gasteiger charge is 2.32. The molecule has 16 atom stereocenters. The number of carbonyl (C=O) groups excluding carboxylic acids is 7. The molecule has 137 heavy (non-hydrogen) atoms. The lowest BCUT2D eigenvalue weighted by atomic mass is 10.0. The fourth-order valence-corrected chi connectivity index (χ4v) is 14.2. The van der Waals surface area contributed by atoms with Gasteiger partial charge in [0, 0.05) is 25.2 Å². The zero-order chi connectivity index (χ0) is 102. The third kappa shape index (κ3) is 79.1. The van der Waals surface area contributed by atoms with Crippen molar-refractivity contribution < 1.29 is 66.7 Å². The van der Waals surface area contributed by atoms with Crippen LogP contribution in [0.5, 0.6) is 0 Å². The van der Waals surface area contributed by atoms with E-state index in [4.69, 9.17) is 136 Å². The first-order valence-electron chi connectivity index (χ1n) is 51.8. The van der Waals surface area contributed by atoms with E-state index in [2.05, 4.69) is 88.3 Å². The molecule has 16 unspecified atom stereocenters. The molecule has 46 heteroatoms. The molecule has 0 aromatic carbocycles. The molecule has 0 aliphatic heterocycles. The average molecular weight is 1970 g/mol. The molecule has 0 spiro atoms. The van der Waals surface area contributed by atoms with Gasteiger partial charge < -0.3 is 174 Å². The molecule has 812 valence electrons. The lowest BCUT2D eigenvalue weighted by molar-refractivity contribution is -0.134. The summed E-state index contributed by atoms with van der Waals surface area (Å²) < 4.78 is 42.0. The topological polar surface area (TPSA) is 821 Å². The fraction of sp³-hybridized carbons (Fsp3) is 0.923. The summed E-state index contributed by atoms with van der Waals surface area (Å²) in [7, 11) is 0. The second kappa shape index (κ2) is 97.1. The number of hydrogen-bond donors (Lipinski definition) is 32. The summed E-state index contributed by atoms with van der Waals surface area (Å²) in [6.45, 7) is 14.1. The van der Waals surface area contributed by atoms with Crippen LogP contribution in [0.2, 0.25) is 0 Å². The number of hydrogen-bond acceptors (Lipinski definition) is 39. The quantitative estimate of drug-likeness (QED) is 0.0207. The van der Waals surface area contributed by atoms with Crippen LogP contribution in [0.1, 0.15) is 290 Å². The highest BCUT2D eigenvalue weighted by molar-refractivity contribution is 5.95. The van der Waals surface area contributed by atoms with E-state index in [9.17, 15) is 33.6 Å². The third-order valence-corrected chi connectivity index (χ3v) is 22.9. The van der Waals surface area contributed by atoms with E-state index in [0.29, 0.717) is 253 Å². The molecule has 0 bridgehead atoms. The van der Waals surface area contributed by atoms with Gasteiger partial charge in [0.2, 0.25) is 41.4 Å². The van der Waals surface area contributed by atoms with Crippen LogP contribution in [-0.4, -0.2) is 291 Å². The smallest absolute Gasteiger partial charge is 0.243 e. The monoisotopic (exact) mass is 1970 g/mol. The number of carbonyl (C=O) groups is 7. The first-order valence-corrected chi connectivity index (χ1v) is 51.8. The van der Waals surface area contributed by atoms with E-state index >= 15 is 0 Å². The number of unbranched alkanes of at least 4 members (excludes halogenated alkanes) is 11. The predicted molar refractivity (Wildman–Crippen MR) is 544 cm³/mol. The van der Waals surface area contributed by atoms with E-state index in [1.165, 1.54) is 0 Å². The number of rotatable bonds is 101. The summed E-state index contributed by atoms with van der Waals surface area (Å²) in [6, 6.07) is -5.61. The van der Waals surface area contributed by atoms with Crippen LogP contribution in [0.3, 0.4) is 0 Å². The van der Waals surface area contributed by atoms with E-state index in [0.717, 1.165) is 135 Å². The molecule has 0 aliphatic carbocycles. The number of nitrogens with one attached hydrogen (secondary N) is 14. The Kier molecular flexibility index (Phi) is 95.0. The van der Waals surface area contributed by atoms with Crippen LogP contribution in [0.25, 0.3) is 0 Å². The van der Waals surface area contributed by atoms with Gasteiger partial charge >= 0.3 is 0 Å². The fourth-order valence-electron chi connectivity index (χ4n) is 14.2. The van der Waals surface area contributed by atoms with E-state index < -0.39 is 71.8 Å². The summed E-state index contributed by atoms with van der Waals surface area (Å²) in [5.41, 5.74) is 104. The van der Waals surface area contributed by atoms with Crippen LogP contribution in [0.15, 0.2) is 0 Å². The molecule has 0 saturated heterocycles. The summed E-state index contributed by atoms with van der Waals surface area (Å²) in [5.74, 6) is -2.86. The van der Waals surface area contributed by atoms with Gasteiger partial charge in [-0.1, -0.05) is 25.7 Å². The molecule has 0 aliphatic rings. The Morgan fingerprint density at radius 1 is 0.197 bits per heavy atom. The Bertz CT molecular complexity index is 2780. The molecule has 0 rings (SSSR count). The minimum absolute atomic E-state index is 0.121. The lowest BCUT2D eigenvalue weighted by Crippen LogP contribution is -2.57. The minimum atomic E-state index is -0.973. The molecule has 50 N–H and O–H groups in total. The summed E-state index contributed by atoms with van der Waals surface area (Å²) in [6.07, 6.45) is 27.1. The van der Waals surface area contributed by atoms with Crippen molar-refractivity contribution in [1.29, 1.82) is 0 Å². The summed E-state index contributed by atoms with van der Waals surface area (Å²) in [5, 5.41) is 43.6. The zero-order valence-electron chi connectivity index (χ0n) is 84.5. The Labute approximate surface area is 821 Å². The van der Waals surface area contributed by atoms with Gasteiger partial charge in [-0.3, -0.25) is 70.8 Å². The maximum absolute atomic E-state index is 13.9. The SMILES string of the molecule is CC(CCCCNC(=O)C(CCCCN)NC(=O)C(CCCCN)NC(=O)C(CCCCN)NC(=O)C(N)CCCCN)NCOC(CCCN)NCOC(CCCN)NCOC(CCCN)NCOC(N)CCCCN.CC(CCCCNC(=O)C(CCCCN)NC(=O)C(CCCCN)NC(=O)C(N)CCCCN)NCOC(CCCN)NCOC(CCCN)NCOC(N)CCCCN. The van der Waals surface area contributed by atoms with Gasteiger partial charge in [0.25, 0.3) is 0 Å². The molecule has 0 aromatic rings. The summed E-state index contributed by atoms with van der Waals surface area (Å²) >= 11 is 0. The van der Waals surface area contributed by atoms with Gasteiger partial charge in [-0.15, -0.1) is 0 Å². The normalized spacial score (nSPS) is 15.2. The number of amides is 7. The lowest BCUT2D eigenvalue weighted by Gasteiger charge is -2.26. The molecule has 0 aromatic heterocycles. The van der Waals surface area contributed by atoms with Crippen LogP contribution in [0.4, 0.5) is 0 Å². The van der Waals surface area contributed by atoms with Crippen molar-refractivity contribution in [3.63, 3.8) is 0 Å². The maximum atomic E-state index is 13.9. The van der Waals surface area contributed by atoms with Gasteiger partial charge in [0.1, 0.15) is 107 Å². The molecule has 0 radical (unpaired) electrons. The van der Waals surface area contributed by atoms with Crippen molar-refractivity contribution in [2.24, 2.45) is 103 Å². The Balaban J connectivity index is 0. The van der Waals surface area contributed by atoms with Crippen molar-refractivity contribution in [2.45, 2.75) is 388 Å². The van der Waals surface area contributed by atoms with Crippen LogP contribution in [-0.2, 0) is 66.7 Å². The predicted octanol–water partition coefficient (Wildman–Crippen LogP) is -3.60. The number of nitrogens with two attached hydrogens (primary N) is 18. The minimum Gasteiger partial charge on any atom is -0.354 e. The third-order valence-electron chi connectivity index (χ3n) is 22.9. The Morgan fingerprint density at radius 3 is 0.620 bits per heavy atom. The first-order chi connectivity index (χ1) is 66.4. The Morgan fingerprint density at radius 2 is 0.387 bits per heavy atom. The molecule has 46 nitrogen and oxygen atoms in total. The van der Waals surface area contributed by atoms with Crippen molar-refractivity contribution >= 4 is 41.4 Å². The second-order valence-corrected chi connectivity index (χ2v) is 35.2. The standard InChI is InChI=1S/C51H114N18O8.C40H90N14O6/c1-39(63-35-75-46(24-15-32-58)65-37-77-47(25-16-33-59)66-38-76-45(23-14-31-57)64-36-74-44(61)22-6-12-30-56)17-7-13-34-62-49(71)41(19-3-9-27-53)68-51(73)43(21-5-11-29-55)69-50(72)42(20-4-10-28-54)67-48(70)40(60)18-2-8-26-52;1-31(50-28-59-37(20-13-26-46)52-30-60-36(19-12-25-45)51-29-58-35(48)18-5-10-24-44)14-6-11-27-49-39(56)33(16-3-8-22-42)54-40(57)34(17-4-9-23-43)53-38(55)32(47)15-2-7-21-41/h39-47,63-66H,2-38,52-61H2,1H3,(H,62,71)(H,67,70)(H,68,73)(H,69,72);31-37,50-52H,2-30,41-48H2,1H3,(H,49,56)(H,53,55)(H,54,57).